The number of methoxy groups -OCH3 is 1. The first-order valence-electron chi connectivity index (χ1n) is 10.3. The summed E-state index contributed by atoms with van der Waals surface area (Å²) >= 11 is 0. The van der Waals surface area contributed by atoms with Crippen molar-refractivity contribution in [3.8, 4) is 17.6 Å². The maximum Gasteiger partial charge on any atom is 0.340 e. The zero-order chi connectivity index (χ0) is 23.2. The van der Waals surface area contributed by atoms with Crippen LogP contribution in [0.5, 0.6) is 11.5 Å². The van der Waals surface area contributed by atoms with E-state index in [4.69, 9.17) is 14.2 Å². The average molecular weight is 442 g/mol. The number of nitrogens with zero attached hydrogens (tertiary/aromatic N) is 3. The average Bonchev–Trinajstić information content (AvgIpc) is 3.20. The van der Waals surface area contributed by atoms with E-state index in [0.29, 0.717) is 33.6 Å². The van der Waals surface area contributed by atoms with Gasteiger partial charge in [-0.05, 0) is 43.3 Å². The van der Waals surface area contributed by atoms with Crippen LogP contribution in [0.1, 0.15) is 28.4 Å². The molecular formula is C25H22N4O4. The van der Waals surface area contributed by atoms with Gasteiger partial charge >= 0.3 is 5.97 Å². The molecule has 0 saturated heterocycles. The number of aromatic nitrogens is 2. The number of carbonyl (C=O) groups excluding carboxylic acids is 1. The summed E-state index contributed by atoms with van der Waals surface area (Å²) in [5, 5.41) is 17.3. The summed E-state index contributed by atoms with van der Waals surface area (Å²) in [6.07, 6.45) is 3.04. The molecule has 0 saturated carbocycles. The first-order chi connectivity index (χ1) is 16.1. The molecule has 8 nitrogen and oxygen atoms in total. The van der Waals surface area contributed by atoms with Crippen molar-refractivity contribution in [3.05, 3.63) is 83.7 Å². The molecule has 0 atom stereocenters. The Morgan fingerprint density at radius 3 is 2.52 bits per heavy atom. The maximum absolute atomic E-state index is 12.5. The number of rotatable bonds is 8. The van der Waals surface area contributed by atoms with Gasteiger partial charge in [0.25, 0.3) is 0 Å². The quantitative estimate of drug-likeness (QED) is 0.381. The van der Waals surface area contributed by atoms with Gasteiger partial charge in [0.2, 0.25) is 0 Å². The highest BCUT2D eigenvalue weighted by Crippen LogP contribution is 2.32. The molecule has 1 N–H and O–H groups in total. The molecule has 166 valence electrons. The minimum absolute atomic E-state index is 0.153. The van der Waals surface area contributed by atoms with Crippen molar-refractivity contribution in [1.29, 1.82) is 5.26 Å². The molecule has 0 radical (unpaired) electrons. The van der Waals surface area contributed by atoms with Gasteiger partial charge in [-0.3, -0.25) is 0 Å². The first-order valence-corrected chi connectivity index (χ1v) is 10.3. The highest BCUT2D eigenvalue weighted by molar-refractivity contribution is 5.97. The molecule has 0 amide bonds. The molecule has 0 aliphatic rings. The molecule has 0 fully saturated rings. The predicted octanol–water partition coefficient (Wildman–Crippen LogP) is 5.06. The third-order valence-corrected chi connectivity index (χ3v) is 4.92. The van der Waals surface area contributed by atoms with Crippen molar-refractivity contribution in [2.45, 2.75) is 13.5 Å². The van der Waals surface area contributed by atoms with Crippen LogP contribution in [0.3, 0.4) is 0 Å². The van der Waals surface area contributed by atoms with E-state index in [1.54, 1.807) is 24.7 Å². The Morgan fingerprint density at radius 2 is 1.85 bits per heavy atom. The molecule has 0 spiro atoms. The molecule has 4 aromatic rings. The van der Waals surface area contributed by atoms with Gasteiger partial charge in [-0.15, -0.1) is 0 Å². The molecule has 2 aromatic heterocycles. The molecule has 0 aliphatic carbocycles. The molecule has 2 aromatic carbocycles. The van der Waals surface area contributed by atoms with E-state index >= 15 is 0 Å². The zero-order valence-corrected chi connectivity index (χ0v) is 18.2. The highest BCUT2D eigenvalue weighted by Gasteiger charge is 2.23. The number of nitriles is 1. The summed E-state index contributed by atoms with van der Waals surface area (Å²) in [5.41, 5.74) is 3.10. The summed E-state index contributed by atoms with van der Waals surface area (Å²) in [6, 6.07) is 19.0. The third kappa shape index (κ3) is 4.63. The summed E-state index contributed by atoms with van der Waals surface area (Å²) < 4.78 is 17.9. The second-order valence-corrected chi connectivity index (χ2v) is 7.08. The van der Waals surface area contributed by atoms with Crippen LogP contribution < -0.4 is 10.1 Å². The van der Waals surface area contributed by atoms with Crippen molar-refractivity contribution < 1.29 is 19.0 Å². The normalized spacial score (nSPS) is 10.6. The van der Waals surface area contributed by atoms with E-state index in [0.717, 1.165) is 11.4 Å². The van der Waals surface area contributed by atoms with E-state index in [1.807, 2.05) is 54.6 Å². The largest absolute Gasteiger partial charge is 0.462 e. The van der Waals surface area contributed by atoms with E-state index in [2.05, 4.69) is 16.5 Å². The fourth-order valence-electron chi connectivity index (χ4n) is 3.46. The third-order valence-electron chi connectivity index (χ3n) is 4.92. The van der Waals surface area contributed by atoms with Crippen LogP contribution >= 0.6 is 0 Å². The predicted molar refractivity (Wildman–Crippen MR) is 123 cm³/mol. The SMILES string of the molecule is CCOC(=O)c1cn2ncc(C#N)c(Nc3ccc(Oc4ccccc4)cc3)c2c1COC. The minimum atomic E-state index is -0.470. The van der Waals surface area contributed by atoms with E-state index in [1.165, 1.54) is 6.20 Å². The molecule has 8 heteroatoms. The molecular weight excluding hydrogens is 420 g/mol. The molecule has 33 heavy (non-hydrogen) atoms. The Kier molecular flexibility index (Phi) is 6.53. The number of ether oxygens (including phenoxy) is 3. The Morgan fingerprint density at radius 1 is 1.12 bits per heavy atom. The summed E-state index contributed by atoms with van der Waals surface area (Å²) in [7, 11) is 1.54. The van der Waals surface area contributed by atoms with Crippen LogP contribution in [0.25, 0.3) is 5.52 Å². The van der Waals surface area contributed by atoms with Crippen molar-refractivity contribution in [1.82, 2.24) is 9.61 Å². The Bertz CT molecular complexity index is 1310. The van der Waals surface area contributed by atoms with Gasteiger partial charge in [-0.2, -0.15) is 10.4 Å². The molecule has 0 aliphatic heterocycles. The Labute approximate surface area is 190 Å². The lowest BCUT2D eigenvalue weighted by molar-refractivity contribution is 0.0522. The molecule has 2 heterocycles. The van der Waals surface area contributed by atoms with Gasteiger partial charge < -0.3 is 19.5 Å². The summed E-state index contributed by atoms with van der Waals surface area (Å²) in [4.78, 5) is 12.5. The lowest BCUT2D eigenvalue weighted by Crippen LogP contribution is -2.07. The molecule has 4 rings (SSSR count). The minimum Gasteiger partial charge on any atom is -0.462 e. The lowest BCUT2D eigenvalue weighted by Gasteiger charge is -2.13. The van der Waals surface area contributed by atoms with Crippen LogP contribution in [-0.4, -0.2) is 29.3 Å². The Hall–Kier alpha value is -4.35. The summed E-state index contributed by atoms with van der Waals surface area (Å²) in [5.74, 6) is 0.950. The second kappa shape index (κ2) is 9.85. The first kappa shape index (κ1) is 21.9. The standard InChI is InChI=1S/C25H22N4O4/c1-3-32-25(30)21-15-29-24(22(21)16-31-2)23(17(13-26)14-27-29)28-18-9-11-20(12-10-18)33-19-7-5-4-6-8-19/h4-12,14-15,28H,3,16H2,1-2H3. The number of anilines is 2. The molecule has 0 unspecified atom stereocenters. The number of fused-ring (bicyclic) bond motifs is 1. The van der Waals surface area contributed by atoms with Gasteiger partial charge in [0.1, 0.15) is 17.6 Å². The van der Waals surface area contributed by atoms with Gasteiger partial charge in [-0.25, -0.2) is 9.31 Å². The summed E-state index contributed by atoms with van der Waals surface area (Å²) in [6.45, 7) is 2.14. The lowest BCUT2D eigenvalue weighted by atomic mass is 10.1. The Balaban J connectivity index is 1.72. The topological polar surface area (TPSA) is 97.9 Å². The number of esters is 1. The van der Waals surface area contributed by atoms with Gasteiger partial charge in [-0.1, -0.05) is 18.2 Å². The number of carbonyl (C=O) groups is 1. The zero-order valence-electron chi connectivity index (χ0n) is 18.2. The van der Waals surface area contributed by atoms with Gasteiger partial charge in [0.15, 0.2) is 0 Å². The van der Waals surface area contributed by atoms with Crippen LogP contribution in [-0.2, 0) is 16.1 Å². The fourth-order valence-corrected chi connectivity index (χ4v) is 3.46. The van der Waals surface area contributed by atoms with E-state index in [9.17, 15) is 10.1 Å². The van der Waals surface area contributed by atoms with Crippen LogP contribution in [0.4, 0.5) is 11.4 Å². The van der Waals surface area contributed by atoms with Crippen molar-refractivity contribution >= 4 is 22.9 Å². The van der Waals surface area contributed by atoms with Crippen LogP contribution in [0, 0.1) is 11.3 Å². The van der Waals surface area contributed by atoms with Crippen molar-refractivity contribution in [2.24, 2.45) is 0 Å². The molecule has 0 bridgehead atoms. The highest BCUT2D eigenvalue weighted by atomic mass is 16.5. The number of hydrogen-bond acceptors (Lipinski definition) is 7. The van der Waals surface area contributed by atoms with E-state index < -0.39 is 5.97 Å². The maximum atomic E-state index is 12.5. The van der Waals surface area contributed by atoms with Crippen LogP contribution in [0.2, 0.25) is 0 Å². The second-order valence-electron chi connectivity index (χ2n) is 7.08. The number of benzene rings is 2. The number of hydrogen-bond donors (Lipinski definition) is 1. The van der Waals surface area contributed by atoms with Gasteiger partial charge in [0.05, 0.1) is 41.7 Å². The monoisotopic (exact) mass is 442 g/mol. The number of nitrogens with one attached hydrogen (secondary N) is 1. The van der Waals surface area contributed by atoms with Crippen molar-refractivity contribution in [2.75, 3.05) is 19.0 Å². The van der Waals surface area contributed by atoms with E-state index in [-0.39, 0.29) is 13.2 Å². The fraction of sp³-hybridized carbons (Fsp3) is 0.160. The van der Waals surface area contributed by atoms with Gasteiger partial charge in [0, 0.05) is 24.6 Å². The smallest absolute Gasteiger partial charge is 0.340 e. The van der Waals surface area contributed by atoms with Crippen molar-refractivity contribution in [3.63, 3.8) is 0 Å². The van der Waals surface area contributed by atoms with Crippen LogP contribution in [0.15, 0.2) is 67.0 Å². The number of para-hydroxylation sites is 1.